The molecule has 1 heterocycles. The van der Waals surface area contributed by atoms with E-state index in [2.05, 4.69) is 66.0 Å². The number of amides is 1. The lowest BCUT2D eigenvalue weighted by Crippen LogP contribution is -2.73. The molecule has 1 aromatic rings. The van der Waals surface area contributed by atoms with Gasteiger partial charge < -0.3 is 9.74 Å². The molecule has 1 aliphatic heterocycles. The molecule has 4 atom stereocenters. The number of benzene rings is 1. The standard InChI is InChI=1S/C23H35NO3Si/c1-21(2,3)23(6,27-28(7)8)17-18(24-20(17)26)15-13-22(4,5)16-12-10-9-11-14(16)19(15)25/h9-12,15,17-18,28H,13H2,1-8H3,(H,24,26)/t15?,17-,18-,23-/m1/s1. The molecule has 1 aromatic carbocycles. The molecule has 5 heteroatoms. The molecule has 0 radical (unpaired) electrons. The lowest BCUT2D eigenvalue weighted by molar-refractivity contribution is -0.162. The molecule has 1 N–H and O–H groups in total. The van der Waals surface area contributed by atoms with Gasteiger partial charge in [0, 0.05) is 11.5 Å². The average Bonchev–Trinajstić information content (AvgIpc) is 2.54. The number of rotatable bonds is 4. The van der Waals surface area contributed by atoms with E-state index in [0.717, 1.165) is 17.5 Å². The molecule has 1 saturated heterocycles. The van der Waals surface area contributed by atoms with Gasteiger partial charge in [0.1, 0.15) is 0 Å². The van der Waals surface area contributed by atoms with E-state index in [4.69, 9.17) is 4.43 Å². The Morgan fingerprint density at radius 3 is 2.25 bits per heavy atom. The highest BCUT2D eigenvalue weighted by Gasteiger charge is 2.60. The third-order valence-electron chi connectivity index (χ3n) is 6.94. The van der Waals surface area contributed by atoms with Crippen molar-refractivity contribution < 1.29 is 14.0 Å². The van der Waals surface area contributed by atoms with Gasteiger partial charge in [0.05, 0.1) is 17.6 Å². The summed E-state index contributed by atoms with van der Waals surface area (Å²) in [7, 11) is -1.39. The van der Waals surface area contributed by atoms with Gasteiger partial charge in [0.15, 0.2) is 14.8 Å². The second-order valence-electron chi connectivity index (χ2n) is 10.6. The summed E-state index contributed by atoms with van der Waals surface area (Å²) < 4.78 is 6.52. The van der Waals surface area contributed by atoms with Crippen LogP contribution in [0.2, 0.25) is 13.1 Å². The number of fused-ring (bicyclic) bond motifs is 1. The molecule has 1 aliphatic carbocycles. The Balaban J connectivity index is 2.00. The fourth-order valence-corrected chi connectivity index (χ4v) is 6.55. The Bertz CT molecular complexity index is 795. The number of nitrogens with one attached hydrogen (secondary N) is 1. The molecule has 1 amide bonds. The van der Waals surface area contributed by atoms with Crippen molar-refractivity contribution in [2.45, 2.75) is 78.1 Å². The molecule has 2 aliphatic rings. The number of ketones is 1. The van der Waals surface area contributed by atoms with Gasteiger partial charge in [-0.1, -0.05) is 58.9 Å². The van der Waals surface area contributed by atoms with Crippen molar-refractivity contribution in [3.63, 3.8) is 0 Å². The van der Waals surface area contributed by atoms with Crippen molar-refractivity contribution >= 4 is 20.7 Å². The molecule has 1 unspecified atom stereocenters. The van der Waals surface area contributed by atoms with Gasteiger partial charge in [0.25, 0.3) is 0 Å². The second kappa shape index (κ2) is 6.80. The Kier molecular flexibility index (Phi) is 5.16. The zero-order chi connectivity index (χ0) is 21.1. The molecule has 28 heavy (non-hydrogen) atoms. The second-order valence-corrected chi connectivity index (χ2v) is 13.0. The smallest absolute Gasteiger partial charge is 0.228 e. The molecule has 3 rings (SSSR count). The van der Waals surface area contributed by atoms with Crippen molar-refractivity contribution in [3.8, 4) is 0 Å². The number of carbonyl (C=O) groups excluding carboxylic acids is 2. The first-order valence-electron chi connectivity index (χ1n) is 10.4. The van der Waals surface area contributed by atoms with Crippen molar-refractivity contribution in [2.75, 3.05) is 0 Å². The highest BCUT2D eigenvalue weighted by atomic mass is 28.3. The summed E-state index contributed by atoms with van der Waals surface area (Å²) in [6.07, 6.45) is 0.740. The lowest BCUT2D eigenvalue weighted by Gasteiger charge is -2.57. The van der Waals surface area contributed by atoms with Crippen LogP contribution in [-0.2, 0) is 14.6 Å². The molecular formula is C23H35NO3Si. The zero-order valence-electron chi connectivity index (χ0n) is 18.6. The number of hydrogen-bond acceptors (Lipinski definition) is 3. The summed E-state index contributed by atoms with van der Waals surface area (Å²) in [6, 6.07) is 7.75. The first-order chi connectivity index (χ1) is 12.8. The SMILES string of the molecule is C[SiH](C)O[C@](C)([C@H]1C(=O)N[C@@H]1C1CC(C)(C)c2ccccc2C1=O)C(C)(C)C. The van der Waals surface area contributed by atoms with Crippen LogP contribution in [0.3, 0.4) is 0 Å². The van der Waals surface area contributed by atoms with Gasteiger partial charge >= 0.3 is 0 Å². The van der Waals surface area contributed by atoms with Crippen molar-refractivity contribution in [1.82, 2.24) is 5.32 Å². The van der Waals surface area contributed by atoms with E-state index in [9.17, 15) is 9.59 Å². The minimum absolute atomic E-state index is 0.0153. The van der Waals surface area contributed by atoms with Crippen molar-refractivity contribution in [1.29, 1.82) is 0 Å². The van der Waals surface area contributed by atoms with Gasteiger partial charge in [-0.15, -0.1) is 0 Å². The molecule has 154 valence electrons. The topological polar surface area (TPSA) is 55.4 Å². The van der Waals surface area contributed by atoms with E-state index >= 15 is 0 Å². The Hall–Kier alpha value is -1.46. The lowest BCUT2D eigenvalue weighted by atomic mass is 9.57. The van der Waals surface area contributed by atoms with E-state index in [1.807, 2.05) is 18.2 Å². The molecule has 4 nitrogen and oxygen atoms in total. The van der Waals surface area contributed by atoms with Crippen LogP contribution in [-0.4, -0.2) is 32.4 Å². The molecule has 0 aromatic heterocycles. The predicted octanol–water partition coefficient (Wildman–Crippen LogP) is 4.09. The van der Waals surface area contributed by atoms with Crippen LogP contribution in [0.1, 0.15) is 63.9 Å². The van der Waals surface area contributed by atoms with E-state index in [1.54, 1.807) is 0 Å². The predicted molar refractivity (Wildman–Crippen MR) is 115 cm³/mol. The third-order valence-corrected chi connectivity index (χ3v) is 7.90. The van der Waals surface area contributed by atoms with E-state index in [0.29, 0.717) is 0 Å². The fraction of sp³-hybridized carbons (Fsp3) is 0.652. The Morgan fingerprint density at radius 1 is 1.11 bits per heavy atom. The summed E-state index contributed by atoms with van der Waals surface area (Å²) in [5.41, 5.74) is 1.01. The third kappa shape index (κ3) is 3.26. The monoisotopic (exact) mass is 401 g/mol. The molecular weight excluding hydrogens is 366 g/mol. The minimum atomic E-state index is -1.39. The van der Waals surface area contributed by atoms with Crippen LogP contribution in [0, 0.1) is 17.3 Å². The number of Topliss-reactive ketones (excluding diaryl/α,β-unsaturated/α-hetero) is 1. The maximum absolute atomic E-state index is 13.4. The summed E-state index contributed by atoms with van der Waals surface area (Å²) >= 11 is 0. The minimum Gasteiger partial charge on any atom is -0.414 e. The quantitative estimate of drug-likeness (QED) is 0.611. The zero-order valence-corrected chi connectivity index (χ0v) is 19.7. The first kappa shape index (κ1) is 21.3. The number of β-lactam (4-membered cyclic amide) rings is 1. The normalized spacial score (nSPS) is 29.0. The largest absolute Gasteiger partial charge is 0.414 e. The summed E-state index contributed by atoms with van der Waals surface area (Å²) in [5.74, 6) is -0.353. The number of hydrogen-bond donors (Lipinski definition) is 1. The molecule has 0 bridgehead atoms. The van der Waals surface area contributed by atoms with Crippen LogP contribution in [0.15, 0.2) is 24.3 Å². The van der Waals surface area contributed by atoms with Crippen LogP contribution < -0.4 is 5.32 Å². The maximum atomic E-state index is 13.4. The Morgan fingerprint density at radius 2 is 1.71 bits per heavy atom. The van der Waals surface area contributed by atoms with Crippen LogP contribution >= 0.6 is 0 Å². The maximum Gasteiger partial charge on any atom is 0.228 e. The van der Waals surface area contributed by atoms with E-state index in [-0.39, 0.29) is 40.4 Å². The van der Waals surface area contributed by atoms with Gasteiger partial charge in [-0.05, 0) is 42.8 Å². The number of carbonyl (C=O) groups is 2. The first-order valence-corrected chi connectivity index (χ1v) is 13.2. The van der Waals surface area contributed by atoms with Crippen LogP contribution in [0.5, 0.6) is 0 Å². The van der Waals surface area contributed by atoms with Crippen molar-refractivity contribution in [3.05, 3.63) is 35.4 Å². The highest BCUT2D eigenvalue weighted by Crippen LogP contribution is 2.49. The van der Waals surface area contributed by atoms with Gasteiger partial charge in [0.2, 0.25) is 5.91 Å². The summed E-state index contributed by atoms with van der Waals surface area (Å²) in [4.78, 5) is 26.2. The summed E-state index contributed by atoms with van der Waals surface area (Å²) in [5, 5.41) is 3.09. The Labute approximate surface area is 171 Å². The van der Waals surface area contributed by atoms with E-state index < -0.39 is 14.6 Å². The molecule has 0 spiro atoms. The highest BCUT2D eigenvalue weighted by molar-refractivity contribution is 6.48. The molecule has 0 saturated carbocycles. The van der Waals surface area contributed by atoms with E-state index in [1.165, 1.54) is 0 Å². The van der Waals surface area contributed by atoms with Gasteiger partial charge in [-0.3, -0.25) is 9.59 Å². The van der Waals surface area contributed by atoms with Crippen LogP contribution in [0.25, 0.3) is 0 Å². The van der Waals surface area contributed by atoms with Gasteiger partial charge in [-0.2, -0.15) is 0 Å². The molecule has 1 fully saturated rings. The average molecular weight is 402 g/mol. The fourth-order valence-electron chi connectivity index (χ4n) is 5.07. The van der Waals surface area contributed by atoms with Crippen molar-refractivity contribution in [2.24, 2.45) is 17.3 Å². The van der Waals surface area contributed by atoms with Crippen LogP contribution in [0.4, 0.5) is 0 Å². The van der Waals surface area contributed by atoms with Gasteiger partial charge in [-0.25, -0.2) is 0 Å². The summed E-state index contributed by atoms with van der Waals surface area (Å²) in [6.45, 7) is 17.1.